The second-order valence-electron chi connectivity index (χ2n) is 7.00. The van der Waals surface area contributed by atoms with Crippen molar-refractivity contribution in [1.29, 1.82) is 0 Å². The van der Waals surface area contributed by atoms with E-state index in [4.69, 9.17) is 0 Å². The first-order chi connectivity index (χ1) is 9.97. The molecule has 2 N–H and O–H groups in total. The van der Waals surface area contributed by atoms with Crippen LogP contribution < -0.4 is 10.6 Å². The van der Waals surface area contributed by atoms with E-state index in [0.29, 0.717) is 24.4 Å². The van der Waals surface area contributed by atoms with Gasteiger partial charge in [0, 0.05) is 19.6 Å². The van der Waals surface area contributed by atoms with Crippen molar-refractivity contribution < 1.29 is 9.59 Å². The molecule has 21 heavy (non-hydrogen) atoms. The van der Waals surface area contributed by atoms with E-state index in [2.05, 4.69) is 24.5 Å². The smallest absolute Gasteiger partial charge is 0.239 e. The number of amides is 2. The number of carbonyl (C=O) groups excluding carboxylic acids is 2. The van der Waals surface area contributed by atoms with Crippen molar-refractivity contribution in [3.05, 3.63) is 0 Å². The van der Waals surface area contributed by atoms with Gasteiger partial charge in [0.05, 0.1) is 12.6 Å². The summed E-state index contributed by atoms with van der Waals surface area (Å²) in [7, 11) is 1.72. The van der Waals surface area contributed by atoms with E-state index in [1.54, 1.807) is 11.9 Å². The number of fused-ring (bicyclic) bond motifs is 1. The Hall–Kier alpha value is -1.10. The molecule has 1 heterocycles. The maximum absolute atomic E-state index is 12.4. The molecule has 0 radical (unpaired) electrons. The summed E-state index contributed by atoms with van der Waals surface area (Å²) in [5.41, 5.74) is 0. The largest absolute Gasteiger partial charge is 0.354 e. The lowest BCUT2D eigenvalue weighted by atomic mass is 9.85. The van der Waals surface area contributed by atoms with Crippen molar-refractivity contribution in [2.45, 2.75) is 58.0 Å². The van der Waals surface area contributed by atoms with Crippen molar-refractivity contribution in [2.24, 2.45) is 11.8 Å². The highest BCUT2D eigenvalue weighted by Gasteiger charge is 2.39. The maximum Gasteiger partial charge on any atom is 0.239 e. The molecule has 0 aromatic rings. The quantitative estimate of drug-likeness (QED) is 0.799. The van der Waals surface area contributed by atoms with Crippen molar-refractivity contribution in [2.75, 3.05) is 20.1 Å². The molecule has 3 unspecified atom stereocenters. The predicted octanol–water partition coefficient (Wildman–Crippen LogP) is 1.14. The van der Waals surface area contributed by atoms with Crippen LogP contribution in [0.15, 0.2) is 0 Å². The van der Waals surface area contributed by atoms with Crippen LogP contribution in [-0.2, 0) is 9.59 Å². The number of nitrogens with one attached hydrogen (secondary N) is 2. The van der Waals surface area contributed by atoms with Crippen LogP contribution in [-0.4, -0.2) is 48.9 Å². The fraction of sp³-hybridized carbons (Fsp3) is 0.875. The van der Waals surface area contributed by atoms with E-state index in [1.165, 1.54) is 25.7 Å². The molecule has 1 saturated heterocycles. The van der Waals surface area contributed by atoms with E-state index in [-0.39, 0.29) is 24.4 Å². The van der Waals surface area contributed by atoms with Gasteiger partial charge in [-0.15, -0.1) is 0 Å². The number of hydrogen-bond acceptors (Lipinski definition) is 3. The minimum Gasteiger partial charge on any atom is -0.354 e. The molecule has 1 saturated carbocycles. The SMILES string of the molecule is CC(C)CNC(=O)CN(C)C(=O)C1CC2CCCCC2N1. The summed E-state index contributed by atoms with van der Waals surface area (Å²) in [6, 6.07) is 0.414. The van der Waals surface area contributed by atoms with Crippen LogP contribution in [0.4, 0.5) is 0 Å². The number of likely N-dealkylation sites (N-methyl/N-ethyl adjacent to an activating group) is 1. The highest BCUT2D eigenvalue weighted by atomic mass is 16.2. The normalized spacial score (nSPS) is 28.3. The van der Waals surface area contributed by atoms with Crippen LogP contribution in [0.2, 0.25) is 0 Å². The summed E-state index contributed by atoms with van der Waals surface area (Å²) >= 11 is 0. The van der Waals surface area contributed by atoms with E-state index in [0.717, 1.165) is 6.42 Å². The van der Waals surface area contributed by atoms with Gasteiger partial charge in [-0.3, -0.25) is 9.59 Å². The van der Waals surface area contributed by atoms with Gasteiger partial charge in [-0.25, -0.2) is 0 Å². The molecular formula is C16H29N3O2. The van der Waals surface area contributed by atoms with Crippen LogP contribution in [0.25, 0.3) is 0 Å². The maximum atomic E-state index is 12.4. The summed E-state index contributed by atoms with van der Waals surface area (Å²) in [6.45, 7) is 4.92. The zero-order chi connectivity index (χ0) is 15.4. The lowest BCUT2D eigenvalue weighted by molar-refractivity contribution is -0.136. The monoisotopic (exact) mass is 295 g/mol. The Morgan fingerprint density at radius 2 is 2.00 bits per heavy atom. The third kappa shape index (κ3) is 4.43. The zero-order valence-corrected chi connectivity index (χ0v) is 13.5. The Balaban J connectivity index is 1.78. The van der Waals surface area contributed by atoms with Gasteiger partial charge in [0.15, 0.2) is 0 Å². The van der Waals surface area contributed by atoms with Gasteiger partial charge in [-0.2, -0.15) is 0 Å². The first-order valence-electron chi connectivity index (χ1n) is 8.25. The van der Waals surface area contributed by atoms with Gasteiger partial charge in [-0.1, -0.05) is 26.7 Å². The first kappa shape index (κ1) is 16.3. The molecule has 3 atom stereocenters. The Labute approximate surface area is 127 Å². The third-order valence-electron chi connectivity index (χ3n) is 4.63. The molecule has 1 aliphatic carbocycles. The molecule has 0 spiro atoms. The lowest BCUT2D eigenvalue weighted by Gasteiger charge is -2.24. The standard InChI is InChI=1S/C16H29N3O2/c1-11(2)9-17-15(20)10-19(3)16(21)14-8-12-6-4-5-7-13(12)18-14/h11-14,18H,4-10H2,1-3H3,(H,17,20). The molecule has 2 amide bonds. The molecule has 2 fully saturated rings. The molecule has 0 aromatic carbocycles. The highest BCUT2D eigenvalue weighted by molar-refractivity contribution is 5.87. The molecular weight excluding hydrogens is 266 g/mol. The third-order valence-corrected chi connectivity index (χ3v) is 4.63. The van der Waals surface area contributed by atoms with Gasteiger partial charge in [-0.05, 0) is 31.1 Å². The molecule has 2 aliphatic rings. The summed E-state index contributed by atoms with van der Waals surface area (Å²) < 4.78 is 0. The van der Waals surface area contributed by atoms with Gasteiger partial charge in [0.1, 0.15) is 0 Å². The van der Waals surface area contributed by atoms with E-state index >= 15 is 0 Å². The molecule has 2 rings (SSSR count). The van der Waals surface area contributed by atoms with Crippen molar-refractivity contribution in [3.63, 3.8) is 0 Å². The van der Waals surface area contributed by atoms with Crippen LogP contribution in [0, 0.1) is 11.8 Å². The first-order valence-corrected chi connectivity index (χ1v) is 8.25. The van der Waals surface area contributed by atoms with Gasteiger partial charge >= 0.3 is 0 Å². The predicted molar refractivity (Wildman–Crippen MR) is 82.8 cm³/mol. The fourth-order valence-electron chi connectivity index (χ4n) is 3.44. The molecule has 5 nitrogen and oxygen atoms in total. The Bertz CT molecular complexity index is 370. The molecule has 0 aromatic heterocycles. The van der Waals surface area contributed by atoms with Crippen LogP contribution in [0.1, 0.15) is 46.0 Å². The number of hydrogen-bond donors (Lipinski definition) is 2. The Kier molecular flexibility index (Phi) is 5.62. The fourth-order valence-corrected chi connectivity index (χ4v) is 3.44. The summed E-state index contributed by atoms with van der Waals surface area (Å²) in [4.78, 5) is 25.8. The van der Waals surface area contributed by atoms with Crippen LogP contribution in [0.3, 0.4) is 0 Å². The van der Waals surface area contributed by atoms with E-state index in [1.807, 2.05) is 0 Å². The second-order valence-corrected chi connectivity index (χ2v) is 7.00. The number of carbonyl (C=O) groups is 2. The topological polar surface area (TPSA) is 61.4 Å². The van der Waals surface area contributed by atoms with Gasteiger partial charge in [0.25, 0.3) is 0 Å². The minimum atomic E-state index is -0.0963. The summed E-state index contributed by atoms with van der Waals surface area (Å²) in [6.07, 6.45) is 5.91. The molecule has 0 bridgehead atoms. The van der Waals surface area contributed by atoms with Crippen LogP contribution >= 0.6 is 0 Å². The van der Waals surface area contributed by atoms with Gasteiger partial charge in [0.2, 0.25) is 11.8 Å². The zero-order valence-electron chi connectivity index (χ0n) is 13.5. The van der Waals surface area contributed by atoms with E-state index in [9.17, 15) is 9.59 Å². The average Bonchev–Trinajstić information content (AvgIpc) is 2.88. The second kappa shape index (κ2) is 7.25. The highest BCUT2D eigenvalue weighted by Crippen LogP contribution is 2.33. The van der Waals surface area contributed by atoms with Crippen molar-refractivity contribution in [3.8, 4) is 0 Å². The lowest BCUT2D eigenvalue weighted by Crippen LogP contribution is -2.47. The number of rotatable bonds is 5. The van der Waals surface area contributed by atoms with Gasteiger partial charge < -0.3 is 15.5 Å². The molecule has 5 heteroatoms. The molecule has 1 aliphatic heterocycles. The van der Waals surface area contributed by atoms with Crippen LogP contribution in [0.5, 0.6) is 0 Å². The molecule has 120 valence electrons. The van der Waals surface area contributed by atoms with Crippen molar-refractivity contribution in [1.82, 2.24) is 15.5 Å². The Morgan fingerprint density at radius 3 is 2.67 bits per heavy atom. The Morgan fingerprint density at radius 1 is 1.29 bits per heavy atom. The summed E-state index contributed by atoms with van der Waals surface area (Å²) in [5.74, 6) is 1.06. The summed E-state index contributed by atoms with van der Waals surface area (Å²) in [5, 5.41) is 6.33. The average molecular weight is 295 g/mol. The number of nitrogens with zero attached hydrogens (tertiary/aromatic N) is 1. The minimum absolute atomic E-state index is 0.0593. The van der Waals surface area contributed by atoms with Crippen molar-refractivity contribution >= 4 is 11.8 Å². The van der Waals surface area contributed by atoms with E-state index < -0.39 is 0 Å².